The predicted octanol–water partition coefficient (Wildman–Crippen LogP) is 3.32. The van der Waals surface area contributed by atoms with E-state index in [0.717, 1.165) is 36.2 Å². The molecule has 1 saturated heterocycles. The molecule has 0 aliphatic carbocycles. The maximum atomic E-state index is 13.1. The molecule has 1 atom stereocenters. The number of thiophene rings is 1. The number of fused-ring (bicyclic) bond motifs is 3. The van der Waals surface area contributed by atoms with Gasteiger partial charge in [0.25, 0.3) is 5.56 Å². The van der Waals surface area contributed by atoms with E-state index in [0.29, 0.717) is 22.2 Å². The van der Waals surface area contributed by atoms with Crippen LogP contribution in [0, 0.1) is 6.92 Å². The summed E-state index contributed by atoms with van der Waals surface area (Å²) < 4.78 is 9.90. The second-order valence-electron chi connectivity index (χ2n) is 7.46. The molecule has 1 unspecified atom stereocenters. The molecule has 1 aliphatic rings. The molecule has 0 radical (unpaired) electrons. The fourth-order valence-corrected chi connectivity index (χ4v) is 5.34. The van der Waals surface area contributed by atoms with Gasteiger partial charge in [-0.3, -0.25) is 18.6 Å². The number of aryl methyl sites for hydroxylation is 1. The maximum Gasteiger partial charge on any atom is 0.272 e. The number of amides is 1. The molecule has 1 aromatic carbocycles. The van der Waals surface area contributed by atoms with Crippen LogP contribution in [0.15, 0.2) is 45.7 Å². The second-order valence-corrected chi connectivity index (χ2v) is 9.31. The first-order chi connectivity index (χ1) is 15.1. The smallest absolute Gasteiger partial charge is 0.272 e. The number of carbonyl (C=O) groups is 1. The van der Waals surface area contributed by atoms with Crippen molar-refractivity contribution in [2.24, 2.45) is 0 Å². The minimum Gasteiger partial charge on any atom is -0.376 e. The normalized spacial score (nSPS) is 16.4. The van der Waals surface area contributed by atoms with Crippen LogP contribution in [-0.4, -0.2) is 43.5 Å². The van der Waals surface area contributed by atoms with Crippen LogP contribution < -0.4 is 10.9 Å². The van der Waals surface area contributed by atoms with E-state index in [1.165, 1.54) is 23.1 Å². The summed E-state index contributed by atoms with van der Waals surface area (Å²) in [6, 6.07) is 9.55. The van der Waals surface area contributed by atoms with Gasteiger partial charge < -0.3 is 10.1 Å². The first kappa shape index (κ1) is 20.2. The molecule has 0 spiro atoms. The molecule has 1 fully saturated rings. The second kappa shape index (κ2) is 8.45. The van der Waals surface area contributed by atoms with Crippen molar-refractivity contribution in [3.8, 4) is 0 Å². The Hall–Kier alpha value is -2.69. The Labute approximate surface area is 186 Å². The molecule has 0 bridgehead atoms. The summed E-state index contributed by atoms with van der Waals surface area (Å²) in [5, 5.41) is 14.0. The minimum absolute atomic E-state index is 0.00612. The lowest BCUT2D eigenvalue weighted by atomic mass is 10.2. The number of nitrogens with one attached hydrogen (secondary N) is 1. The van der Waals surface area contributed by atoms with Crippen LogP contribution >= 0.6 is 23.1 Å². The third-order valence-electron chi connectivity index (χ3n) is 5.34. The third-order valence-corrected chi connectivity index (χ3v) is 7.16. The predicted molar refractivity (Wildman–Crippen MR) is 122 cm³/mol. The van der Waals surface area contributed by atoms with Gasteiger partial charge in [-0.05, 0) is 42.8 Å². The zero-order valence-electron chi connectivity index (χ0n) is 16.9. The van der Waals surface area contributed by atoms with Crippen LogP contribution in [0.3, 0.4) is 0 Å². The lowest BCUT2D eigenvalue weighted by Gasteiger charge is -2.13. The Kier molecular flexibility index (Phi) is 5.51. The summed E-state index contributed by atoms with van der Waals surface area (Å²) in [6.07, 6.45) is 1.93. The molecule has 31 heavy (non-hydrogen) atoms. The number of rotatable bonds is 6. The van der Waals surface area contributed by atoms with Crippen molar-refractivity contribution < 1.29 is 9.53 Å². The van der Waals surface area contributed by atoms with E-state index in [1.54, 1.807) is 4.57 Å². The summed E-state index contributed by atoms with van der Waals surface area (Å²) in [4.78, 5) is 25.6. The fourth-order valence-electron chi connectivity index (χ4n) is 3.78. The average Bonchev–Trinajstić information content (AvgIpc) is 3.51. The molecule has 1 amide bonds. The first-order valence-corrected chi connectivity index (χ1v) is 11.9. The Balaban J connectivity index is 1.44. The summed E-state index contributed by atoms with van der Waals surface area (Å²) in [7, 11) is 0. The van der Waals surface area contributed by atoms with Crippen LogP contribution in [-0.2, 0) is 16.1 Å². The van der Waals surface area contributed by atoms with Crippen molar-refractivity contribution in [2.75, 3.05) is 17.7 Å². The van der Waals surface area contributed by atoms with Crippen molar-refractivity contribution in [2.45, 2.75) is 37.6 Å². The number of carbonyl (C=O) groups excluding carboxylic acids is 1. The van der Waals surface area contributed by atoms with Gasteiger partial charge in [0, 0.05) is 12.3 Å². The Morgan fingerprint density at radius 2 is 2.19 bits per heavy atom. The zero-order chi connectivity index (χ0) is 21.4. The van der Waals surface area contributed by atoms with Crippen LogP contribution in [0.1, 0.15) is 18.4 Å². The molecule has 1 N–H and O–H groups in total. The first-order valence-electron chi connectivity index (χ1n) is 10.1. The lowest BCUT2D eigenvalue weighted by Crippen LogP contribution is -2.28. The van der Waals surface area contributed by atoms with Gasteiger partial charge in [-0.15, -0.1) is 21.5 Å². The third kappa shape index (κ3) is 3.86. The minimum atomic E-state index is -0.120. The highest BCUT2D eigenvalue weighted by atomic mass is 32.2. The van der Waals surface area contributed by atoms with Crippen LogP contribution in [0.25, 0.3) is 16.0 Å². The largest absolute Gasteiger partial charge is 0.376 e. The number of hydrogen-bond acceptors (Lipinski definition) is 7. The van der Waals surface area contributed by atoms with Gasteiger partial charge in [-0.1, -0.05) is 30.0 Å². The van der Waals surface area contributed by atoms with Crippen LogP contribution in [0.2, 0.25) is 0 Å². The summed E-state index contributed by atoms with van der Waals surface area (Å²) >= 11 is 2.70. The van der Waals surface area contributed by atoms with E-state index in [2.05, 4.69) is 15.5 Å². The number of aromatic nitrogens is 4. The zero-order valence-corrected chi connectivity index (χ0v) is 18.5. The van der Waals surface area contributed by atoms with Crippen molar-refractivity contribution >= 4 is 50.7 Å². The van der Waals surface area contributed by atoms with E-state index < -0.39 is 0 Å². The number of benzene rings is 1. The van der Waals surface area contributed by atoms with Gasteiger partial charge >= 0.3 is 0 Å². The summed E-state index contributed by atoms with van der Waals surface area (Å²) in [6.45, 7) is 3.13. The number of anilines is 1. The Morgan fingerprint density at radius 1 is 1.32 bits per heavy atom. The van der Waals surface area contributed by atoms with Crippen molar-refractivity contribution in [1.82, 2.24) is 19.2 Å². The quantitative estimate of drug-likeness (QED) is 0.449. The number of hydrogen-bond donors (Lipinski definition) is 1. The number of ether oxygens (including phenoxy) is 1. The molecule has 4 aromatic rings. The summed E-state index contributed by atoms with van der Waals surface area (Å²) in [5.41, 5.74) is 2.49. The van der Waals surface area contributed by atoms with Crippen LogP contribution in [0.4, 0.5) is 5.69 Å². The molecule has 1 aliphatic heterocycles. The Bertz CT molecular complexity index is 1320. The van der Waals surface area contributed by atoms with Crippen LogP contribution in [0.5, 0.6) is 0 Å². The molecule has 0 saturated carbocycles. The number of thioether (sulfide) groups is 1. The molecular formula is C21H21N5O3S2. The van der Waals surface area contributed by atoms with Crippen molar-refractivity contribution in [1.29, 1.82) is 0 Å². The van der Waals surface area contributed by atoms with Gasteiger partial charge in [0.05, 0.1) is 23.9 Å². The highest BCUT2D eigenvalue weighted by Crippen LogP contribution is 2.25. The van der Waals surface area contributed by atoms with Gasteiger partial charge in [-0.25, -0.2) is 0 Å². The van der Waals surface area contributed by atoms with Crippen molar-refractivity contribution in [3.05, 3.63) is 51.6 Å². The van der Waals surface area contributed by atoms with E-state index in [1.807, 2.05) is 47.0 Å². The average molecular weight is 456 g/mol. The van der Waals surface area contributed by atoms with Gasteiger partial charge in [0.15, 0.2) is 5.16 Å². The molecule has 5 rings (SSSR count). The molecule has 10 heteroatoms. The van der Waals surface area contributed by atoms with E-state index in [9.17, 15) is 9.59 Å². The fraction of sp³-hybridized carbons (Fsp3) is 0.333. The molecule has 160 valence electrons. The van der Waals surface area contributed by atoms with Gasteiger partial charge in [0.1, 0.15) is 4.70 Å². The lowest BCUT2D eigenvalue weighted by molar-refractivity contribution is -0.113. The van der Waals surface area contributed by atoms with Crippen molar-refractivity contribution in [3.63, 3.8) is 0 Å². The Morgan fingerprint density at radius 3 is 3.00 bits per heavy atom. The maximum absolute atomic E-state index is 13.1. The van der Waals surface area contributed by atoms with Gasteiger partial charge in [-0.2, -0.15) is 0 Å². The molecule has 4 heterocycles. The summed E-state index contributed by atoms with van der Waals surface area (Å²) in [5.74, 6) is 0.546. The molecule has 8 nitrogen and oxygen atoms in total. The van der Waals surface area contributed by atoms with E-state index >= 15 is 0 Å². The monoisotopic (exact) mass is 455 g/mol. The van der Waals surface area contributed by atoms with Gasteiger partial charge in [0.2, 0.25) is 11.7 Å². The highest BCUT2D eigenvalue weighted by molar-refractivity contribution is 7.99. The molecule has 3 aromatic heterocycles. The number of nitrogens with zero attached hydrogens (tertiary/aromatic N) is 4. The SMILES string of the molecule is Cc1ccccc1NC(=O)CSc1nnc2n(CC3CCCO3)c(=O)c3sccc3n12. The van der Waals surface area contributed by atoms with E-state index in [-0.39, 0.29) is 23.3 Å². The highest BCUT2D eigenvalue weighted by Gasteiger charge is 2.23. The topological polar surface area (TPSA) is 90.5 Å². The number of para-hydroxylation sites is 1. The van der Waals surface area contributed by atoms with E-state index in [4.69, 9.17) is 4.74 Å². The standard InChI is InChI=1S/C21H21N5O3S2/c1-13-5-2-3-7-15(13)22-17(27)12-31-21-24-23-20-25(11-14-6-4-9-29-14)19(28)18-16(26(20)21)8-10-30-18/h2-3,5,7-8,10,14H,4,6,9,11-12H2,1H3,(H,22,27). The molecular weight excluding hydrogens is 434 g/mol.